The van der Waals surface area contributed by atoms with Gasteiger partial charge in [-0.1, -0.05) is 11.6 Å². The first kappa shape index (κ1) is 17.6. The summed E-state index contributed by atoms with van der Waals surface area (Å²) in [6.07, 6.45) is -0.644. The number of rotatable bonds is 4. The van der Waals surface area contributed by atoms with Crippen LogP contribution in [0.1, 0.15) is 13.8 Å². The molecule has 0 aliphatic carbocycles. The van der Waals surface area contributed by atoms with Gasteiger partial charge in [0.05, 0.1) is 5.69 Å². The summed E-state index contributed by atoms with van der Waals surface area (Å²) in [6.45, 7) is 2.97. The van der Waals surface area contributed by atoms with Crippen LogP contribution < -0.4 is 20.7 Å². The molecule has 6 nitrogen and oxygen atoms in total. The number of hydrogen-bond donors (Lipinski definition) is 2. The van der Waals surface area contributed by atoms with E-state index in [4.69, 9.17) is 22.1 Å². The molecule has 0 aliphatic rings. The van der Waals surface area contributed by atoms with Crippen molar-refractivity contribution in [3.05, 3.63) is 53.6 Å². The summed E-state index contributed by atoms with van der Waals surface area (Å²) in [6, 6.07) is 12.6. The van der Waals surface area contributed by atoms with Crippen LogP contribution in [0.25, 0.3) is 0 Å². The van der Waals surface area contributed by atoms with Crippen LogP contribution in [0.3, 0.4) is 0 Å². The highest BCUT2D eigenvalue weighted by Gasteiger charge is 2.22. The number of imide groups is 1. The Bertz CT molecular complexity index is 717. The van der Waals surface area contributed by atoms with E-state index in [2.05, 4.69) is 5.32 Å². The predicted molar refractivity (Wildman–Crippen MR) is 94.1 cm³/mol. The van der Waals surface area contributed by atoms with Gasteiger partial charge in [-0.2, -0.15) is 0 Å². The van der Waals surface area contributed by atoms with E-state index in [-0.39, 0.29) is 0 Å². The summed E-state index contributed by atoms with van der Waals surface area (Å²) in [7, 11) is 0. The van der Waals surface area contributed by atoms with Crippen molar-refractivity contribution in [3.8, 4) is 5.75 Å². The Morgan fingerprint density at radius 3 is 2.25 bits per heavy atom. The van der Waals surface area contributed by atoms with Crippen LogP contribution >= 0.6 is 11.6 Å². The Morgan fingerprint density at radius 2 is 1.71 bits per heavy atom. The van der Waals surface area contributed by atoms with Gasteiger partial charge in [0.15, 0.2) is 6.23 Å². The van der Waals surface area contributed by atoms with Gasteiger partial charge in [0.2, 0.25) is 5.91 Å². The van der Waals surface area contributed by atoms with Gasteiger partial charge in [-0.05, 0) is 55.5 Å². The van der Waals surface area contributed by atoms with Crippen LogP contribution in [-0.4, -0.2) is 18.2 Å². The van der Waals surface area contributed by atoms with Crippen molar-refractivity contribution in [1.82, 2.24) is 5.32 Å². The van der Waals surface area contributed by atoms with Gasteiger partial charge in [-0.15, -0.1) is 0 Å². The fourth-order valence-electron chi connectivity index (χ4n) is 2.05. The molecule has 0 radical (unpaired) electrons. The number of amides is 3. The van der Waals surface area contributed by atoms with E-state index in [1.807, 2.05) is 0 Å². The highest BCUT2D eigenvalue weighted by atomic mass is 35.5. The molecule has 0 saturated carbocycles. The van der Waals surface area contributed by atoms with Crippen LogP contribution in [0.4, 0.5) is 16.2 Å². The van der Waals surface area contributed by atoms with Gasteiger partial charge in [-0.25, -0.2) is 9.69 Å². The number of benzene rings is 2. The van der Waals surface area contributed by atoms with E-state index < -0.39 is 18.2 Å². The molecule has 24 heavy (non-hydrogen) atoms. The molecule has 1 unspecified atom stereocenters. The standard InChI is InChI=1S/C17H18ClN3O3/c1-11(24-16-9-3-13(18)4-10-16)20-17(23)21(12(2)22)15-7-5-14(19)6-8-15/h3-11H,19H2,1-2H3,(H,20,23). The normalized spacial score (nSPS) is 11.5. The molecule has 0 fully saturated rings. The SMILES string of the molecule is CC(=O)N(C(=O)NC(C)Oc1ccc(Cl)cc1)c1ccc(N)cc1. The van der Waals surface area contributed by atoms with E-state index in [1.54, 1.807) is 55.5 Å². The van der Waals surface area contributed by atoms with Crippen LogP contribution in [0, 0.1) is 0 Å². The molecule has 2 rings (SSSR count). The first-order valence-corrected chi connectivity index (χ1v) is 7.63. The molecule has 126 valence electrons. The summed E-state index contributed by atoms with van der Waals surface area (Å²) in [5, 5.41) is 3.21. The zero-order chi connectivity index (χ0) is 17.7. The van der Waals surface area contributed by atoms with Crippen molar-refractivity contribution in [3.63, 3.8) is 0 Å². The first-order valence-electron chi connectivity index (χ1n) is 7.26. The van der Waals surface area contributed by atoms with E-state index in [0.29, 0.717) is 22.1 Å². The van der Waals surface area contributed by atoms with Crippen molar-refractivity contribution >= 4 is 34.9 Å². The molecule has 1 atom stereocenters. The summed E-state index contributed by atoms with van der Waals surface area (Å²) < 4.78 is 5.58. The largest absolute Gasteiger partial charge is 0.471 e. The molecular formula is C17H18ClN3O3. The van der Waals surface area contributed by atoms with Crippen molar-refractivity contribution < 1.29 is 14.3 Å². The minimum Gasteiger partial charge on any atom is -0.471 e. The second-order valence-electron chi connectivity index (χ2n) is 5.11. The molecule has 2 aromatic rings. The number of hydrogen-bond acceptors (Lipinski definition) is 4. The van der Waals surface area contributed by atoms with Crippen molar-refractivity contribution in [1.29, 1.82) is 0 Å². The lowest BCUT2D eigenvalue weighted by Gasteiger charge is -2.23. The summed E-state index contributed by atoms with van der Waals surface area (Å²) in [5.41, 5.74) is 6.59. The molecular weight excluding hydrogens is 330 g/mol. The maximum Gasteiger partial charge on any atom is 0.331 e. The van der Waals surface area contributed by atoms with Crippen LogP contribution in [-0.2, 0) is 4.79 Å². The zero-order valence-corrected chi connectivity index (χ0v) is 14.1. The minimum absolute atomic E-state index is 0.420. The lowest BCUT2D eigenvalue weighted by Crippen LogP contribution is -2.48. The number of nitrogens with zero attached hydrogens (tertiary/aromatic N) is 1. The smallest absolute Gasteiger partial charge is 0.331 e. The number of carbonyl (C=O) groups excluding carboxylic acids is 2. The number of halogens is 1. The summed E-state index contributed by atoms with van der Waals surface area (Å²) in [5.74, 6) is 0.130. The molecule has 0 heterocycles. The Balaban J connectivity index is 2.05. The molecule has 0 saturated heterocycles. The maximum absolute atomic E-state index is 12.4. The van der Waals surface area contributed by atoms with E-state index in [9.17, 15) is 9.59 Å². The number of nitrogens with two attached hydrogens (primary N) is 1. The molecule has 2 aromatic carbocycles. The van der Waals surface area contributed by atoms with Gasteiger partial charge >= 0.3 is 6.03 Å². The van der Waals surface area contributed by atoms with Gasteiger partial charge in [0.25, 0.3) is 0 Å². The van der Waals surface area contributed by atoms with E-state index >= 15 is 0 Å². The Kier molecular flexibility index (Phi) is 5.65. The van der Waals surface area contributed by atoms with Gasteiger partial charge in [-0.3, -0.25) is 4.79 Å². The highest BCUT2D eigenvalue weighted by molar-refractivity contribution is 6.30. The molecule has 0 aliphatic heterocycles. The van der Waals surface area contributed by atoms with Crippen molar-refractivity contribution in [2.24, 2.45) is 0 Å². The third-order valence-corrected chi connectivity index (χ3v) is 3.37. The van der Waals surface area contributed by atoms with E-state index in [0.717, 1.165) is 4.90 Å². The van der Waals surface area contributed by atoms with Gasteiger partial charge < -0.3 is 15.8 Å². The van der Waals surface area contributed by atoms with Crippen LogP contribution in [0.5, 0.6) is 5.75 Å². The molecule has 3 amide bonds. The molecule has 0 spiro atoms. The number of anilines is 2. The lowest BCUT2D eigenvalue weighted by atomic mass is 10.2. The predicted octanol–water partition coefficient (Wildman–Crippen LogP) is 3.41. The Labute approximate surface area is 145 Å². The second-order valence-corrected chi connectivity index (χ2v) is 5.55. The van der Waals surface area contributed by atoms with Crippen molar-refractivity contribution in [2.45, 2.75) is 20.1 Å². The number of ether oxygens (including phenoxy) is 1. The topological polar surface area (TPSA) is 84.7 Å². The van der Waals surface area contributed by atoms with Crippen molar-refractivity contribution in [2.75, 3.05) is 10.6 Å². The number of nitrogens with one attached hydrogen (secondary N) is 1. The van der Waals surface area contributed by atoms with Crippen LogP contribution in [0.2, 0.25) is 5.02 Å². The van der Waals surface area contributed by atoms with Gasteiger partial charge in [0.1, 0.15) is 5.75 Å². The maximum atomic E-state index is 12.4. The number of urea groups is 1. The molecule has 0 bridgehead atoms. The number of carbonyl (C=O) groups is 2. The van der Waals surface area contributed by atoms with Crippen LogP contribution in [0.15, 0.2) is 48.5 Å². The zero-order valence-electron chi connectivity index (χ0n) is 13.3. The highest BCUT2D eigenvalue weighted by Crippen LogP contribution is 2.18. The summed E-state index contributed by atoms with van der Waals surface area (Å²) in [4.78, 5) is 25.2. The Morgan fingerprint density at radius 1 is 1.12 bits per heavy atom. The molecule has 3 N–H and O–H groups in total. The fraction of sp³-hybridized carbons (Fsp3) is 0.176. The fourth-order valence-corrected chi connectivity index (χ4v) is 2.18. The quantitative estimate of drug-likeness (QED) is 0.655. The number of nitrogen functional groups attached to an aromatic ring is 1. The minimum atomic E-state index is -0.644. The molecule has 7 heteroatoms. The lowest BCUT2D eigenvalue weighted by molar-refractivity contribution is -0.115. The van der Waals surface area contributed by atoms with E-state index in [1.165, 1.54) is 6.92 Å². The Hall–Kier alpha value is -2.73. The van der Waals surface area contributed by atoms with Gasteiger partial charge in [0, 0.05) is 17.6 Å². The third kappa shape index (κ3) is 4.63. The average Bonchev–Trinajstić information content (AvgIpc) is 2.51. The third-order valence-electron chi connectivity index (χ3n) is 3.12. The molecule has 0 aromatic heterocycles. The average molecular weight is 348 g/mol. The first-order chi connectivity index (χ1) is 11.4. The summed E-state index contributed by atoms with van der Waals surface area (Å²) >= 11 is 5.81. The second kappa shape index (κ2) is 7.70. The monoisotopic (exact) mass is 347 g/mol.